The van der Waals surface area contributed by atoms with Crippen LogP contribution in [0.2, 0.25) is 0 Å². The predicted octanol–water partition coefficient (Wildman–Crippen LogP) is 2.80. The lowest BCUT2D eigenvalue weighted by molar-refractivity contribution is 0.781. The summed E-state index contributed by atoms with van der Waals surface area (Å²) in [6.07, 6.45) is 5.49. The van der Waals surface area contributed by atoms with Gasteiger partial charge in [-0.25, -0.2) is 9.97 Å². The van der Waals surface area contributed by atoms with Crippen molar-refractivity contribution in [3.63, 3.8) is 0 Å². The lowest BCUT2D eigenvalue weighted by atomic mass is 10.1. The van der Waals surface area contributed by atoms with Crippen LogP contribution in [0, 0.1) is 0 Å². The van der Waals surface area contributed by atoms with Gasteiger partial charge < -0.3 is 5.73 Å². The molecule has 2 N–H and O–H groups in total. The van der Waals surface area contributed by atoms with E-state index >= 15 is 0 Å². The average Bonchev–Trinajstić information content (AvgIpc) is 2.37. The molecule has 0 unspecified atom stereocenters. The minimum Gasteiger partial charge on any atom is -0.330 e. The van der Waals surface area contributed by atoms with Crippen molar-refractivity contribution in [3.05, 3.63) is 47.0 Å². The van der Waals surface area contributed by atoms with Crippen LogP contribution in [0.25, 0.3) is 11.1 Å². The molecule has 0 fully saturated rings. The molecule has 4 heteroatoms. The predicted molar refractivity (Wildman–Crippen MR) is 72.5 cm³/mol. The molecule has 1 heterocycles. The Morgan fingerprint density at radius 1 is 1.12 bits per heavy atom. The third-order valence-corrected chi connectivity index (χ3v) is 2.96. The van der Waals surface area contributed by atoms with Gasteiger partial charge in [-0.05, 0) is 30.7 Å². The summed E-state index contributed by atoms with van der Waals surface area (Å²) < 4.78 is 1.06. The van der Waals surface area contributed by atoms with Gasteiger partial charge in [0.15, 0.2) is 0 Å². The van der Waals surface area contributed by atoms with E-state index in [1.807, 2.05) is 30.6 Å². The van der Waals surface area contributed by atoms with Crippen molar-refractivity contribution < 1.29 is 0 Å². The van der Waals surface area contributed by atoms with Crippen LogP contribution in [0.15, 0.2) is 41.1 Å². The monoisotopic (exact) mass is 291 g/mol. The smallest absolute Gasteiger partial charge is 0.128 e. The maximum atomic E-state index is 5.45. The van der Waals surface area contributed by atoms with Gasteiger partial charge >= 0.3 is 0 Å². The molecule has 0 radical (unpaired) electrons. The highest BCUT2D eigenvalue weighted by Crippen LogP contribution is 2.21. The van der Waals surface area contributed by atoms with E-state index in [2.05, 4.69) is 32.0 Å². The van der Waals surface area contributed by atoms with E-state index in [9.17, 15) is 0 Å². The van der Waals surface area contributed by atoms with Crippen molar-refractivity contribution in [1.29, 1.82) is 0 Å². The molecule has 0 aliphatic rings. The summed E-state index contributed by atoms with van der Waals surface area (Å²) in [6.45, 7) is 0.677. The van der Waals surface area contributed by atoms with E-state index in [0.717, 1.165) is 34.3 Å². The highest BCUT2D eigenvalue weighted by atomic mass is 79.9. The van der Waals surface area contributed by atoms with E-state index in [1.54, 1.807) is 0 Å². The van der Waals surface area contributed by atoms with Crippen molar-refractivity contribution in [2.45, 2.75) is 12.8 Å². The molecule has 2 rings (SSSR count). The second-order valence-electron chi connectivity index (χ2n) is 3.79. The highest BCUT2D eigenvalue weighted by molar-refractivity contribution is 9.10. The fraction of sp³-hybridized carbons (Fsp3) is 0.231. The van der Waals surface area contributed by atoms with E-state index in [1.165, 1.54) is 0 Å². The molecule has 0 saturated carbocycles. The standard InChI is InChI=1S/C13H14BrN3/c14-12-4-1-3-10(7-12)11-8-16-13(17-9-11)5-2-6-15/h1,3-4,7-9H,2,5-6,15H2. The van der Waals surface area contributed by atoms with Crippen LogP contribution < -0.4 is 5.73 Å². The highest BCUT2D eigenvalue weighted by Gasteiger charge is 2.01. The first-order valence-electron chi connectivity index (χ1n) is 5.56. The largest absolute Gasteiger partial charge is 0.330 e. The molecule has 0 atom stereocenters. The Morgan fingerprint density at radius 3 is 2.53 bits per heavy atom. The number of hydrogen-bond acceptors (Lipinski definition) is 3. The van der Waals surface area contributed by atoms with E-state index in [4.69, 9.17) is 5.73 Å². The normalized spacial score (nSPS) is 10.5. The first kappa shape index (κ1) is 12.2. The summed E-state index contributed by atoms with van der Waals surface area (Å²) in [6, 6.07) is 8.10. The van der Waals surface area contributed by atoms with Crippen molar-refractivity contribution in [2.24, 2.45) is 5.73 Å². The van der Waals surface area contributed by atoms with Crippen LogP contribution in [0.1, 0.15) is 12.2 Å². The molecule has 1 aromatic carbocycles. The first-order chi connectivity index (χ1) is 8.29. The average molecular weight is 292 g/mol. The molecule has 17 heavy (non-hydrogen) atoms. The van der Waals surface area contributed by atoms with Gasteiger partial charge in [-0.1, -0.05) is 28.1 Å². The summed E-state index contributed by atoms with van der Waals surface area (Å²) >= 11 is 3.45. The number of benzene rings is 1. The Labute approximate surface area is 109 Å². The third kappa shape index (κ3) is 3.35. The zero-order valence-corrected chi connectivity index (χ0v) is 11.0. The molecule has 88 valence electrons. The Kier molecular flexibility index (Phi) is 4.23. The van der Waals surface area contributed by atoms with Crippen LogP contribution in [0.4, 0.5) is 0 Å². The molecular formula is C13H14BrN3. The summed E-state index contributed by atoms with van der Waals surface area (Å²) in [5.41, 5.74) is 7.60. The summed E-state index contributed by atoms with van der Waals surface area (Å²) in [7, 11) is 0. The zero-order chi connectivity index (χ0) is 12.1. The molecule has 1 aromatic heterocycles. The van der Waals surface area contributed by atoms with Crippen LogP contribution >= 0.6 is 15.9 Å². The van der Waals surface area contributed by atoms with Crippen molar-refractivity contribution in [1.82, 2.24) is 9.97 Å². The lowest BCUT2D eigenvalue weighted by Crippen LogP contribution is -2.03. The summed E-state index contributed by atoms with van der Waals surface area (Å²) in [5.74, 6) is 0.856. The fourth-order valence-corrected chi connectivity index (χ4v) is 1.96. The quantitative estimate of drug-likeness (QED) is 0.942. The van der Waals surface area contributed by atoms with Gasteiger partial charge in [-0.2, -0.15) is 0 Å². The van der Waals surface area contributed by atoms with Gasteiger partial charge in [0.25, 0.3) is 0 Å². The molecule has 2 aromatic rings. The third-order valence-electron chi connectivity index (χ3n) is 2.47. The van der Waals surface area contributed by atoms with E-state index < -0.39 is 0 Å². The molecule has 0 aliphatic heterocycles. The van der Waals surface area contributed by atoms with Gasteiger partial charge in [0, 0.05) is 28.9 Å². The zero-order valence-electron chi connectivity index (χ0n) is 9.44. The number of halogens is 1. The van der Waals surface area contributed by atoms with Crippen LogP contribution in [0.3, 0.4) is 0 Å². The second-order valence-corrected chi connectivity index (χ2v) is 4.71. The topological polar surface area (TPSA) is 51.8 Å². The molecule has 0 bridgehead atoms. The SMILES string of the molecule is NCCCc1ncc(-c2cccc(Br)c2)cn1. The van der Waals surface area contributed by atoms with Crippen LogP contribution in [-0.4, -0.2) is 16.5 Å². The van der Waals surface area contributed by atoms with Gasteiger partial charge in [0.2, 0.25) is 0 Å². The molecule has 0 amide bonds. The Morgan fingerprint density at radius 2 is 1.88 bits per heavy atom. The van der Waals surface area contributed by atoms with Crippen molar-refractivity contribution >= 4 is 15.9 Å². The van der Waals surface area contributed by atoms with Gasteiger partial charge in [-0.15, -0.1) is 0 Å². The number of rotatable bonds is 4. The second kappa shape index (κ2) is 5.89. The molecule has 3 nitrogen and oxygen atoms in total. The van der Waals surface area contributed by atoms with Crippen molar-refractivity contribution in [3.8, 4) is 11.1 Å². The van der Waals surface area contributed by atoms with E-state index in [-0.39, 0.29) is 0 Å². The van der Waals surface area contributed by atoms with Crippen molar-refractivity contribution in [2.75, 3.05) is 6.54 Å². The van der Waals surface area contributed by atoms with E-state index in [0.29, 0.717) is 6.54 Å². The molecular weight excluding hydrogens is 278 g/mol. The maximum Gasteiger partial charge on any atom is 0.128 e. The number of nitrogens with two attached hydrogens (primary N) is 1. The minimum absolute atomic E-state index is 0.677. The van der Waals surface area contributed by atoms with Crippen LogP contribution in [0.5, 0.6) is 0 Å². The number of aryl methyl sites for hydroxylation is 1. The minimum atomic E-state index is 0.677. The maximum absolute atomic E-state index is 5.45. The van der Waals surface area contributed by atoms with Gasteiger partial charge in [0.05, 0.1) is 0 Å². The number of hydrogen-bond donors (Lipinski definition) is 1. The Hall–Kier alpha value is -1.26. The fourth-order valence-electron chi connectivity index (χ4n) is 1.56. The van der Waals surface area contributed by atoms with Gasteiger partial charge in [0.1, 0.15) is 5.82 Å². The summed E-state index contributed by atoms with van der Waals surface area (Å²) in [5, 5.41) is 0. The summed E-state index contributed by atoms with van der Waals surface area (Å²) in [4.78, 5) is 8.68. The number of nitrogens with zero attached hydrogens (tertiary/aromatic N) is 2. The molecule has 0 spiro atoms. The Balaban J connectivity index is 2.17. The first-order valence-corrected chi connectivity index (χ1v) is 6.36. The Bertz CT molecular complexity index is 482. The molecule has 0 saturated heterocycles. The lowest BCUT2D eigenvalue weighted by Gasteiger charge is -2.03. The molecule has 0 aliphatic carbocycles. The van der Waals surface area contributed by atoms with Gasteiger partial charge in [-0.3, -0.25) is 0 Å². The number of aromatic nitrogens is 2. The van der Waals surface area contributed by atoms with Crippen LogP contribution in [-0.2, 0) is 6.42 Å².